The highest BCUT2D eigenvalue weighted by molar-refractivity contribution is 7.19. The van der Waals surface area contributed by atoms with Crippen LogP contribution in [-0.4, -0.2) is 49.7 Å². The van der Waals surface area contributed by atoms with E-state index in [0.29, 0.717) is 22.4 Å². The number of phenolic OH excluding ortho intramolecular Hbond substituents is 1. The van der Waals surface area contributed by atoms with E-state index in [-0.39, 0.29) is 23.8 Å². The number of fused-ring (bicyclic) bond motifs is 1. The average molecular weight is 590 g/mol. The van der Waals surface area contributed by atoms with Crippen LogP contribution >= 0.6 is 11.3 Å². The molecule has 0 aliphatic carbocycles. The van der Waals surface area contributed by atoms with Crippen molar-refractivity contribution in [2.75, 3.05) is 13.2 Å². The first-order chi connectivity index (χ1) is 19.5. The fraction of sp³-hybridized carbons (Fsp3) is 0.483. The molecule has 5 rings (SSSR count). The zero-order valence-corrected chi connectivity index (χ0v) is 24.9. The third kappa shape index (κ3) is 6.83. The zero-order valence-electron chi connectivity index (χ0n) is 24.0. The van der Waals surface area contributed by atoms with Gasteiger partial charge in [0.25, 0.3) is 5.56 Å². The van der Waals surface area contributed by atoms with Crippen molar-refractivity contribution in [3.8, 4) is 5.75 Å². The van der Waals surface area contributed by atoms with Crippen LogP contribution in [0.3, 0.4) is 0 Å². The predicted molar refractivity (Wildman–Crippen MR) is 157 cm³/mol. The first-order valence-electron chi connectivity index (χ1n) is 13.7. The number of aliphatic carboxylic acids is 1. The van der Waals surface area contributed by atoms with Crippen molar-refractivity contribution in [1.82, 2.24) is 14.5 Å². The monoisotopic (exact) mass is 589 g/mol. The molecule has 2 aliphatic heterocycles. The van der Waals surface area contributed by atoms with E-state index in [0.717, 1.165) is 35.5 Å². The van der Waals surface area contributed by atoms with E-state index in [9.17, 15) is 24.6 Å². The summed E-state index contributed by atoms with van der Waals surface area (Å²) in [6, 6.07) is 6.80. The Morgan fingerprint density at radius 2 is 1.83 bits per heavy atom. The molecule has 0 saturated carbocycles. The Kier molecular flexibility index (Phi) is 10.8. The number of aliphatic hydroxyl groups excluding tert-OH is 1. The van der Waals surface area contributed by atoms with Crippen molar-refractivity contribution in [1.29, 1.82) is 0 Å². The number of ether oxygens (including phenoxy) is 2. The van der Waals surface area contributed by atoms with E-state index in [1.165, 1.54) is 36.0 Å². The molecule has 1 fully saturated rings. The fourth-order valence-electron chi connectivity index (χ4n) is 4.46. The maximum absolute atomic E-state index is 13.5. The molecule has 3 aromatic rings. The van der Waals surface area contributed by atoms with E-state index in [4.69, 9.17) is 14.6 Å². The summed E-state index contributed by atoms with van der Waals surface area (Å²) in [4.78, 5) is 39.9. The van der Waals surface area contributed by atoms with Crippen LogP contribution in [0.2, 0.25) is 0 Å². The summed E-state index contributed by atoms with van der Waals surface area (Å²) < 4.78 is 12.7. The standard InChI is InChI=1S/C22H23N3O6S.C5H10O2.C2H6/c1-12-15-18(27)25(22(2,3)20(28)29)21(30)24(10-8-13-6-4-5-7-14(13)26)19(15)32-16(12)17-23-9-11-31-17;6-5-1-3-7-4-2-5;1-2/h4-7,9,11,17,23,26H,8,10H2,1-3H3,(H,28,29);5-6H,1-4H2;1-2H3. The zero-order chi connectivity index (χ0) is 30.3. The number of hydrogen-bond acceptors (Lipinski definition) is 9. The summed E-state index contributed by atoms with van der Waals surface area (Å²) in [5.41, 5.74) is -1.85. The minimum absolute atomic E-state index is 0.0891. The van der Waals surface area contributed by atoms with E-state index in [1.807, 2.05) is 13.8 Å². The highest BCUT2D eigenvalue weighted by atomic mass is 32.1. The Morgan fingerprint density at radius 3 is 2.37 bits per heavy atom. The van der Waals surface area contributed by atoms with Gasteiger partial charge >= 0.3 is 11.7 Å². The Bertz CT molecular complexity index is 1490. The number of nitrogens with one attached hydrogen (secondary N) is 1. The smallest absolute Gasteiger partial charge is 0.333 e. The Morgan fingerprint density at radius 1 is 1.17 bits per heavy atom. The topological polar surface area (TPSA) is 152 Å². The highest BCUT2D eigenvalue weighted by Gasteiger charge is 2.35. The van der Waals surface area contributed by atoms with E-state index < -0.39 is 29.0 Å². The van der Waals surface area contributed by atoms with Gasteiger partial charge in [-0.3, -0.25) is 9.36 Å². The number of hydrogen-bond donors (Lipinski definition) is 4. The molecule has 11 nitrogen and oxygen atoms in total. The van der Waals surface area contributed by atoms with E-state index in [2.05, 4.69) is 5.32 Å². The molecule has 4 N–H and O–H groups in total. The lowest BCUT2D eigenvalue weighted by molar-refractivity contribution is -0.146. The Balaban J connectivity index is 0.000000443. The van der Waals surface area contributed by atoms with E-state index >= 15 is 0 Å². The van der Waals surface area contributed by atoms with Crippen LogP contribution in [0.15, 0.2) is 46.3 Å². The molecule has 0 amide bonds. The van der Waals surface area contributed by atoms with Gasteiger partial charge in [0, 0.05) is 26.0 Å². The van der Waals surface area contributed by atoms with Crippen molar-refractivity contribution in [3.05, 3.63) is 73.6 Å². The molecule has 0 spiro atoms. The number of phenols is 1. The van der Waals surface area contributed by atoms with Crippen molar-refractivity contribution in [2.24, 2.45) is 0 Å². The maximum Gasteiger partial charge on any atom is 0.333 e. The van der Waals surface area contributed by atoms with Crippen LogP contribution in [0.25, 0.3) is 10.2 Å². The molecule has 224 valence electrons. The van der Waals surface area contributed by atoms with Gasteiger partial charge < -0.3 is 30.1 Å². The summed E-state index contributed by atoms with van der Waals surface area (Å²) in [6.45, 7) is 10.0. The summed E-state index contributed by atoms with van der Waals surface area (Å²) in [7, 11) is 0. The minimum Gasteiger partial charge on any atom is -0.508 e. The van der Waals surface area contributed by atoms with Gasteiger partial charge in [0.2, 0.25) is 6.23 Å². The molecule has 0 radical (unpaired) electrons. The van der Waals surface area contributed by atoms with Crippen LogP contribution in [0.5, 0.6) is 5.75 Å². The molecular weight excluding hydrogens is 550 g/mol. The van der Waals surface area contributed by atoms with Gasteiger partial charge in [-0.25, -0.2) is 14.2 Å². The molecule has 0 bridgehead atoms. The number of benzene rings is 1. The van der Waals surface area contributed by atoms with Crippen LogP contribution in [-0.2, 0) is 32.8 Å². The normalized spacial score (nSPS) is 16.7. The Hall–Kier alpha value is -3.61. The minimum atomic E-state index is -1.75. The van der Waals surface area contributed by atoms with Gasteiger partial charge in [-0.05, 0) is 57.2 Å². The molecular formula is C29H39N3O8S. The predicted octanol–water partition coefficient (Wildman–Crippen LogP) is 3.57. The number of aromatic hydroxyl groups is 1. The van der Waals surface area contributed by atoms with Gasteiger partial charge in [0.1, 0.15) is 22.4 Å². The molecule has 2 aromatic heterocycles. The number of para-hydroxylation sites is 1. The number of thiophene rings is 1. The van der Waals surface area contributed by atoms with Gasteiger partial charge in [-0.15, -0.1) is 11.3 Å². The van der Waals surface area contributed by atoms with Crippen molar-refractivity contribution in [2.45, 2.75) is 78.3 Å². The number of aryl methyl sites for hydroxylation is 3. The number of carbonyl (C=O) groups is 1. The van der Waals surface area contributed by atoms with Gasteiger partial charge in [0.05, 0.1) is 16.4 Å². The fourth-order valence-corrected chi connectivity index (χ4v) is 5.78. The van der Waals surface area contributed by atoms with Crippen LogP contribution in [0.1, 0.15) is 62.8 Å². The number of aromatic nitrogens is 2. The summed E-state index contributed by atoms with van der Waals surface area (Å²) in [6.07, 6.45) is 4.53. The second-order valence-corrected chi connectivity index (χ2v) is 10.9. The van der Waals surface area contributed by atoms with E-state index in [1.54, 1.807) is 37.4 Å². The molecule has 12 heteroatoms. The molecule has 1 saturated heterocycles. The average Bonchev–Trinajstić information content (AvgIpc) is 3.59. The van der Waals surface area contributed by atoms with Crippen LogP contribution < -0.4 is 16.6 Å². The molecule has 4 heterocycles. The van der Waals surface area contributed by atoms with Crippen LogP contribution in [0.4, 0.5) is 0 Å². The number of carboxylic acid groups (broad SMARTS) is 1. The first-order valence-corrected chi connectivity index (χ1v) is 14.5. The quantitative estimate of drug-likeness (QED) is 0.338. The number of rotatable bonds is 6. The van der Waals surface area contributed by atoms with Crippen LogP contribution in [0, 0.1) is 6.92 Å². The number of carboxylic acids is 1. The first kappa shape index (κ1) is 31.9. The summed E-state index contributed by atoms with van der Waals surface area (Å²) >= 11 is 1.26. The second kappa shape index (κ2) is 13.8. The number of aliphatic hydroxyl groups is 1. The number of nitrogens with zero attached hydrogens (tertiary/aromatic N) is 2. The maximum atomic E-state index is 13.5. The molecule has 1 aromatic carbocycles. The molecule has 1 unspecified atom stereocenters. The van der Waals surface area contributed by atoms with Crippen molar-refractivity contribution in [3.63, 3.8) is 0 Å². The lowest BCUT2D eigenvalue weighted by Gasteiger charge is -2.23. The lowest BCUT2D eigenvalue weighted by atomic mass is 10.1. The van der Waals surface area contributed by atoms with Gasteiger partial charge in [-0.1, -0.05) is 32.0 Å². The summed E-state index contributed by atoms with van der Waals surface area (Å²) in [5, 5.41) is 32.0. The molecule has 2 aliphatic rings. The lowest BCUT2D eigenvalue weighted by Crippen LogP contribution is -2.52. The Labute approximate surface area is 242 Å². The van der Waals surface area contributed by atoms with Crippen molar-refractivity contribution >= 4 is 27.5 Å². The van der Waals surface area contributed by atoms with Gasteiger partial charge in [-0.2, -0.15) is 0 Å². The molecule has 41 heavy (non-hydrogen) atoms. The largest absolute Gasteiger partial charge is 0.508 e. The summed E-state index contributed by atoms with van der Waals surface area (Å²) in [5.74, 6) is -1.19. The van der Waals surface area contributed by atoms with Crippen molar-refractivity contribution < 1.29 is 29.6 Å². The molecule has 1 atom stereocenters. The second-order valence-electron chi connectivity index (χ2n) is 9.92. The third-order valence-corrected chi connectivity index (χ3v) is 8.25. The highest BCUT2D eigenvalue weighted by Crippen LogP contribution is 2.35. The third-order valence-electron chi connectivity index (χ3n) is 6.89. The SMILES string of the molecule is CC.Cc1c(C2NC=CO2)sc2c1c(=O)n(C(C)(C)C(=O)O)c(=O)n2CCc1ccccc1O.OC1CCOCC1. The van der Waals surface area contributed by atoms with Gasteiger partial charge in [0.15, 0.2) is 0 Å².